The van der Waals surface area contributed by atoms with Crippen LogP contribution in [0.3, 0.4) is 0 Å². The number of aliphatic carboxylic acids is 1. The molecule has 29 heavy (non-hydrogen) atoms. The van der Waals surface area contributed by atoms with Gasteiger partial charge in [-0.05, 0) is 55.1 Å². The molecule has 154 valence electrons. The van der Waals surface area contributed by atoms with Crippen LogP contribution < -0.4 is 0 Å². The Morgan fingerprint density at radius 2 is 1.79 bits per heavy atom. The number of nitrogens with zero attached hydrogens (tertiary/aromatic N) is 2. The second-order valence-electron chi connectivity index (χ2n) is 9.64. The van der Waals surface area contributed by atoms with Gasteiger partial charge in [0.1, 0.15) is 0 Å². The smallest absolute Gasteiger partial charge is 0.306 e. The number of carboxylic acid groups (broad SMARTS) is 1. The topological polar surface area (TPSA) is 70.5 Å². The summed E-state index contributed by atoms with van der Waals surface area (Å²) in [5.74, 6) is -0.537. The number of fused-ring (bicyclic) bond motifs is 2. The van der Waals surface area contributed by atoms with Gasteiger partial charge < -0.3 is 10.0 Å². The molecule has 0 saturated carbocycles. The standard InChI is InChI=1S/C24H30N2O3/c1-24(2,3)16-8-9-20-18(14-16)21(17-6-4-5-7-19(17)25-20)22(27)26-12-10-15(11-13-26)23(28)29/h4-7,15-16H,8-14H2,1-3H3,(H,28,29). The van der Waals surface area contributed by atoms with E-state index in [-0.39, 0.29) is 17.2 Å². The molecule has 2 aromatic rings. The van der Waals surface area contributed by atoms with Crippen molar-refractivity contribution in [3.63, 3.8) is 0 Å². The predicted molar refractivity (Wildman–Crippen MR) is 113 cm³/mol. The SMILES string of the molecule is CC(C)(C)C1CCc2nc3ccccc3c(C(=O)N3CCC(C(=O)O)CC3)c2C1. The highest BCUT2D eigenvalue weighted by Crippen LogP contribution is 2.40. The van der Waals surface area contributed by atoms with E-state index in [4.69, 9.17) is 4.98 Å². The van der Waals surface area contributed by atoms with Gasteiger partial charge in [0.15, 0.2) is 0 Å². The Morgan fingerprint density at radius 3 is 2.45 bits per heavy atom. The van der Waals surface area contributed by atoms with Crippen LogP contribution in [0.5, 0.6) is 0 Å². The van der Waals surface area contributed by atoms with Gasteiger partial charge in [-0.2, -0.15) is 0 Å². The number of hydrogen-bond donors (Lipinski definition) is 1. The van der Waals surface area contributed by atoms with Crippen LogP contribution in [0.15, 0.2) is 24.3 Å². The Hall–Kier alpha value is -2.43. The van der Waals surface area contributed by atoms with Gasteiger partial charge in [-0.15, -0.1) is 0 Å². The third kappa shape index (κ3) is 3.75. The Morgan fingerprint density at radius 1 is 1.10 bits per heavy atom. The normalized spacial score (nSPS) is 20.5. The maximum atomic E-state index is 13.7. The first-order valence-electron chi connectivity index (χ1n) is 10.7. The van der Waals surface area contributed by atoms with Gasteiger partial charge in [-0.1, -0.05) is 39.0 Å². The third-order valence-electron chi connectivity index (χ3n) is 6.83. The summed E-state index contributed by atoms with van der Waals surface area (Å²) >= 11 is 0. The summed E-state index contributed by atoms with van der Waals surface area (Å²) in [7, 11) is 0. The van der Waals surface area contributed by atoms with Crippen molar-refractivity contribution >= 4 is 22.8 Å². The number of benzene rings is 1. The van der Waals surface area contributed by atoms with Crippen molar-refractivity contribution in [1.29, 1.82) is 0 Å². The van der Waals surface area contributed by atoms with Crippen molar-refractivity contribution < 1.29 is 14.7 Å². The Bertz CT molecular complexity index is 952. The lowest BCUT2D eigenvalue weighted by Gasteiger charge is -2.36. The largest absolute Gasteiger partial charge is 0.481 e. The second kappa shape index (κ2) is 7.43. The molecule has 0 bridgehead atoms. The number of carboxylic acids is 1. The fourth-order valence-electron chi connectivity index (χ4n) is 4.86. The highest BCUT2D eigenvalue weighted by molar-refractivity contribution is 6.07. The van der Waals surface area contributed by atoms with Gasteiger partial charge in [-0.3, -0.25) is 14.6 Å². The van der Waals surface area contributed by atoms with Crippen LogP contribution in [-0.4, -0.2) is 40.0 Å². The number of likely N-dealkylation sites (tertiary alicyclic amines) is 1. The number of rotatable bonds is 2. The summed E-state index contributed by atoms with van der Waals surface area (Å²) in [5.41, 5.74) is 4.04. The van der Waals surface area contributed by atoms with Crippen LogP contribution in [0.1, 0.15) is 61.6 Å². The lowest BCUT2D eigenvalue weighted by molar-refractivity contribution is -0.143. The minimum Gasteiger partial charge on any atom is -0.481 e. The first-order valence-corrected chi connectivity index (χ1v) is 10.7. The summed E-state index contributed by atoms with van der Waals surface area (Å²) in [5, 5.41) is 10.2. The maximum absolute atomic E-state index is 13.7. The molecule has 1 aromatic heterocycles. The fourth-order valence-corrected chi connectivity index (χ4v) is 4.86. The molecule has 1 amide bonds. The van der Waals surface area contributed by atoms with Crippen LogP contribution in [0.25, 0.3) is 10.9 Å². The van der Waals surface area contributed by atoms with Crippen LogP contribution in [0, 0.1) is 17.3 Å². The molecule has 1 aliphatic heterocycles. The van der Waals surface area contributed by atoms with Crippen LogP contribution >= 0.6 is 0 Å². The van der Waals surface area contributed by atoms with Crippen LogP contribution in [-0.2, 0) is 17.6 Å². The number of para-hydroxylation sites is 1. The quantitative estimate of drug-likeness (QED) is 0.823. The number of carbonyl (C=O) groups excluding carboxylic acids is 1. The molecule has 4 rings (SSSR count). The zero-order valence-electron chi connectivity index (χ0n) is 17.6. The molecule has 1 aliphatic carbocycles. The summed E-state index contributed by atoms with van der Waals surface area (Å²) in [4.78, 5) is 31.7. The number of aryl methyl sites for hydroxylation is 1. The molecule has 2 heterocycles. The van der Waals surface area contributed by atoms with Gasteiger partial charge in [0.25, 0.3) is 5.91 Å². The summed E-state index contributed by atoms with van der Waals surface area (Å²) in [6.45, 7) is 7.83. The average Bonchev–Trinajstić information content (AvgIpc) is 2.70. The van der Waals surface area contributed by atoms with E-state index in [1.165, 1.54) is 0 Å². The van der Waals surface area contributed by atoms with Crippen LogP contribution in [0.4, 0.5) is 0 Å². The molecule has 1 N–H and O–H groups in total. The van der Waals surface area contributed by atoms with E-state index in [1.807, 2.05) is 29.2 Å². The Balaban J connectivity index is 1.75. The molecule has 5 nitrogen and oxygen atoms in total. The van der Waals surface area contributed by atoms with E-state index in [0.717, 1.165) is 47.0 Å². The van der Waals surface area contributed by atoms with Gasteiger partial charge in [0.05, 0.1) is 17.0 Å². The lowest BCUT2D eigenvalue weighted by Crippen LogP contribution is -2.41. The molecule has 1 fully saturated rings. The summed E-state index contributed by atoms with van der Waals surface area (Å²) in [6, 6.07) is 7.92. The van der Waals surface area contributed by atoms with Crippen LogP contribution in [0.2, 0.25) is 0 Å². The number of aromatic nitrogens is 1. The molecular weight excluding hydrogens is 364 g/mol. The second-order valence-corrected chi connectivity index (χ2v) is 9.64. The molecule has 1 atom stereocenters. The molecule has 1 saturated heterocycles. The summed E-state index contributed by atoms with van der Waals surface area (Å²) in [6.07, 6.45) is 3.93. The zero-order valence-corrected chi connectivity index (χ0v) is 17.6. The predicted octanol–water partition coefficient (Wildman–Crippen LogP) is 4.32. The minimum atomic E-state index is -0.753. The molecule has 1 unspecified atom stereocenters. The highest BCUT2D eigenvalue weighted by atomic mass is 16.4. The monoisotopic (exact) mass is 394 g/mol. The van der Waals surface area contributed by atoms with Crippen molar-refractivity contribution in [2.24, 2.45) is 17.3 Å². The first-order chi connectivity index (χ1) is 13.8. The van der Waals surface area contributed by atoms with E-state index >= 15 is 0 Å². The van der Waals surface area contributed by atoms with Gasteiger partial charge in [0, 0.05) is 24.2 Å². The van der Waals surface area contributed by atoms with Gasteiger partial charge >= 0.3 is 5.97 Å². The number of pyridine rings is 1. The first kappa shape index (κ1) is 19.9. The Labute approximate surface area is 172 Å². The molecular formula is C24H30N2O3. The number of piperidine rings is 1. The fraction of sp³-hybridized carbons (Fsp3) is 0.542. The van der Waals surface area contributed by atoms with Crippen molar-refractivity contribution in [3.8, 4) is 0 Å². The molecule has 0 spiro atoms. The minimum absolute atomic E-state index is 0.0400. The van der Waals surface area contributed by atoms with Crippen molar-refractivity contribution in [2.45, 2.75) is 52.9 Å². The van der Waals surface area contributed by atoms with E-state index < -0.39 is 5.97 Å². The van der Waals surface area contributed by atoms with Crippen molar-refractivity contribution in [1.82, 2.24) is 9.88 Å². The summed E-state index contributed by atoms with van der Waals surface area (Å²) < 4.78 is 0. The van der Waals surface area contributed by atoms with E-state index in [0.29, 0.717) is 31.8 Å². The maximum Gasteiger partial charge on any atom is 0.306 e. The number of carbonyl (C=O) groups is 2. The van der Waals surface area contributed by atoms with Crippen molar-refractivity contribution in [2.75, 3.05) is 13.1 Å². The van der Waals surface area contributed by atoms with E-state index in [1.54, 1.807) is 0 Å². The number of hydrogen-bond acceptors (Lipinski definition) is 3. The van der Waals surface area contributed by atoms with E-state index in [9.17, 15) is 14.7 Å². The van der Waals surface area contributed by atoms with Gasteiger partial charge in [0.2, 0.25) is 0 Å². The molecule has 1 aromatic carbocycles. The molecule has 5 heteroatoms. The average molecular weight is 395 g/mol. The zero-order chi connectivity index (χ0) is 20.8. The van der Waals surface area contributed by atoms with Crippen molar-refractivity contribution in [3.05, 3.63) is 41.1 Å². The van der Waals surface area contributed by atoms with Gasteiger partial charge in [-0.25, -0.2) is 0 Å². The molecule has 0 radical (unpaired) electrons. The Kier molecular flexibility index (Phi) is 5.09. The van der Waals surface area contributed by atoms with E-state index in [2.05, 4.69) is 20.8 Å². The molecule has 2 aliphatic rings. The third-order valence-corrected chi connectivity index (χ3v) is 6.83. The number of amides is 1. The highest BCUT2D eigenvalue weighted by Gasteiger charge is 2.35. The lowest BCUT2D eigenvalue weighted by atomic mass is 9.70.